The number of benzene rings is 2. The van der Waals surface area contributed by atoms with Crippen LogP contribution in [0, 0.1) is 0 Å². The van der Waals surface area contributed by atoms with Gasteiger partial charge in [0.05, 0.1) is 19.7 Å². The molecular weight excluding hydrogens is 268 g/mol. The van der Waals surface area contributed by atoms with E-state index in [9.17, 15) is 9.90 Å². The Balaban J connectivity index is 1.91. The van der Waals surface area contributed by atoms with Gasteiger partial charge in [-0.15, -0.1) is 0 Å². The molecule has 0 saturated heterocycles. The van der Waals surface area contributed by atoms with Crippen molar-refractivity contribution in [3.8, 4) is 11.5 Å². The highest BCUT2D eigenvalue weighted by Gasteiger charge is 2.02. The first-order valence-electron chi connectivity index (χ1n) is 6.42. The van der Waals surface area contributed by atoms with Crippen molar-refractivity contribution < 1.29 is 14.6 Å². The van der Waals surface area contributed by atoms with Crippen LogP contribution in [0.5, 0.6) is 11.5 Å². The highest BCUT2D eigenvalue weighted by Crippen LogP contribution is 2.25. The Hall–Kier alpha value is -2.82. The number of aromatic hydroxyl groups is 1. The first kappa shape index (κ1) is 14.6. The summed E-state index contributed by atoms with van der Waals surface area (Å²) in [5.41, 5.74) is 4.10. The monoisotopic (exact) mass is 284 g/mol. The Bertz CT molecular complexity index is 639. The van der Waals surface area contributed by atoms with Crippen molar-refractivity contribution in [3.05, 3.63) is 59.7 Å². The smallest absolute Gasteiger partial charge is 0.244 e. The highest BCUT2D eigenvalue weighted by molar-refractivity contribution is 5.84. The van der Waals surface area contributed by atoms with E-state index in [2.05, 4.69) is 10.5 Å². The number of phenols is 1. The number of carbonyl (C=O) groups excluding carboxylic acids is 1. The van der Waals surface area contributed by atoms with Gasteiger partial charge < -0.3 is 9.84 Å². The Morgan fingerprint density at radius 2 is 2.05 bits per heavy atom. The summed E-state index contributed by atoms with van der Waals surface area (Å²) in [4.78, 5) is 11.7. The largest absolute Gasteiger partial charge is 0.504 e. The maximum Gasteiger partial charge on any atom is 0.244 e. The lowest BCUT2D eigenvalue weighted by atomic mass is 10.1. The highest BCUT2D eigenvalue weighted by atomic mass is 16.5. The summed E-state index contributed by atoms with van der Waals surface area (Å²) in [6, 6.07) is 14.2. The lowest BCUT2D eigenvalue weighted by Crippen LogP contribution is -2.19. The van der Waals surface area contributed by atoms with Crippen LogP contribution in [0.4, 0.5) is 0 Å². The minimum atomic E-state index is -0.191. The van der Waals surface area contributed by atoms with E-state index in [-0.39, 0.29) is 18.1 Å². The second-order valence-electron chi connectivity index (χ2n) is 4.39. The lowest BCUT2D eigenvalue weighted by Gasteiger charge is -2.03. The Morgan fingerprint density at radius 3 is 2.76 bits per heavy atom. The number of hydrogen-bond donors (Lipinski definition) is 2. The molecule has 0 aliphatic heterocycles. The molecule has 0 radical (unpaired) electrons. The lowest BCUT2D eigenvalue weighted by molar-refractivity contribution is -0.120. The van der Waals surface area contributed by atoms with Crippen molar-refractivity contribution in [2.45, 2.75) is 6.42 Å². The van der Waals surface area contributed by atoms with Gasteiger partial charge in [-0.1, -0.05) is 30.3 Å². The van der Waals surface area contributed by atoms with Crippen molar-refractivity contribution in [2.24, 2.45) is 5.10 Å². The van der Waals surface area contributed by atoms with Crippen molar-refractivity contribution in [1.29, 1.82) is 0 Å². The van der Waals surface area contributed by atoms with Crippen LogP contribution in [0.3, 0.4) is 0 Å². The fraction of sp³-hybridized carbons (Fsp3) is 0.125. The number of ether oxygens (including phenoxy) is 1. The maximum absolute atomic E-state index is 11.7. The zero-order chi connectivity index (χ0) is 15.1. The normalized spacial score (nSPS) is 10.5. The third-order valence-electron chi connectivity index (χ3n) is 2.81. The average molecular weight is 284 g/mol. The van der Waals surface area contributed by atoms with E-state index in [1.165, 1.54) is 19.4 Å². The summed E-state index contributed by atoms with van der Waals surface area (Å²) in [7, 11) is 1.47. The molecule has 5 nitrogen and oxygen atoms in total. The number of hydrazone groups is 1. The summed E-state index contributed by atoms with van der Waals surface area (Å²) in [5.74, 6) is 0.223. The molecule has 5 heteroatoms. The molecule has 21 heavy (non-hydrogen) atoms. The van der Waals surface area contributed by atoms with Crippen LogP contribution < -0.4 is 10.2 Å². The molecular formula is C16H16N2O3. The number of rotatable bonds is 5. The van der Waals surface area contributed by atoms with E-state index in [4.69, 9.17) is 4.74 Å². The Kier molecular flexibility index (Phi) is 4.93. The minimum absolute atomic E-state index is 0.0581. The molecule has 0 saturated carbocycles. The van der Waals surface area contributed by atoms with Gasteiger partial charge in [0.2, 0.25) is 5.91 Å². The van der Waals surface area contributed by atoms with E-state index in [1.54, 1.807) is 12.1 Å². The summed E-state index contributed by atoms with van der Waals surface area (Å²) in [5, 5.41) is 13.4. The van der Waals surface area contributed by atoms with E-state index in [0.29, 0.717) is 11.3 Å². The quantitative estimate of drug-likeness (QED) is 0.652. The van der Waals surface area contributed by atoms with Crippen molar-refractivity contribution in [2.75, 3.05) is 7.11 Å². The van der Waals surface area contributed by atoms with Gasteiger partial charge in [-0.05, 0) is 29.3 Å². The number of amides is 1. The molecule has 0 aliphatic rings. The number of hydrogen-bond acceptors (Lipinski definition) is 4. The number of methoxy groups -OCH3 is 1. The van der Waals surface area contributed by atoms with Gasteiger partial charge in [0, 0.05) is 0 Å². The molecule has 0 fully saturated rings. The van der Waals surface area contributed by atoms with Crippen LogP contribution in [0.15, 0.2) is 53.6 Å². The van der Waals surface area contributed by atoms with Gasteiger partial charge in [0.25, 0.3) is 0 Å². The summed E-state index contributed by atoms with van der Waals surface area (Å²) in [6.45, 7) is 0. The molecule has 0 atom stereocenters. The number of carbonyl (C=O) groups is 1. The predicted molar refractivity (Wildman–Crippen MR) is 80.5 cm³/mol. The molecule has 0 aliphatic carbocycles. The minimum Gasteiger partial charge on any atom is -0.504 e. The molecule has 0 bridgehead atoms. The van der Waals surface area contributed by atoms with Crippen LogP contribution in [0.25, 0.3) is 0 Å². The first-order chi connectivity index (χ1) is 10.2. The van der Waals surface area contributed by atoms with Crippen LogP contribution in [0.1, 0.15) is 11.1 Å². The molecule has 1 amide bonds. The third kappa shape index (κ3) is 4.35. The van der Waals surface area contributed by atoms with Crippen LogP contribution in [-0.2, 0) is 11.2 Å². The average Bonchev–Trinajstić information content (AvgIpc) is 2.50. The van der Waals surface area contributed by atoms with Crippen molar-refractivity contribution >= 4 is 12.1 Å². The zero-order valence-electron chi connectivity index (χ0n) is 11.6. The third-order valence-corrected chi connectivity index (χ3v) is 2.81. The van der Waals surface area contributed by atoms with E-state index < -0.39 is 0 Å². The first-order valence-corrected chi connectivity index (χ1v) is 6.42. The van der Waals surface area contributed by atoms with Crippen molar-refractivity contribution in [3.63, 3.8) is 0 Å². The van der Waals surface area contributed by atoms with Crippen LogP contribution in [-0.4, -0.2) is 24.3 Å². The predicted octanol–water partition coefficient (Wildman–Crippen LogP) is 2.09. The summed E-state index contributed by atoms with van der Waals surface area (Å²) in [6.07, 6.45) is 1.77. The van der Waals surface area contributed by atoms with Gasteiger partial charge >= 0.3 is 0 Å². The zero-order valence-corrected chi connectivity index (χ0v) is 11.6. The second-order valence-corrected chi connectivity index (χ2v) is 4.39. The summed E-state index contributed by atoms with van der Waals surface area (Å²) < 4.78 is 4.99. The van der Waals surface area contributed by atoms with Crippen LogP contribution >= 0.6 is 0 Å². The molecule has 108 valence electrons. The van der Waals surface area contributed by atoms with Gasteiger partial charge in [-0.2, -0.15) is 5.10 Å². The number of nitrogens with zero attached hydrogens (tertiary/aromatic N) is 1. The number of phenolic OH excluding ortho intramolecular Hbond substituents is 1. The fourth-order valence-electron chi connectivity index (χ4n) is 1.77. The molecule has 2 aromatic rings. The van der Waals surface area contributed by atoms with Crippen LogP contribution in [0.2, 0.25) is 0 Å². The molecule has 0 unspecified atom stereocenters. The van der Waals surface area contributed by atoms with Gasteiger partial charge in [0.15, 0.2) is 11.5 Å². The maximum atomic E-state index is 11.7. The van der Waals surface area contributed by atoms with Gasteiger partial charge in [-0.3, -0.25) is 4.79 Å². The molecule has 2 N–H and O–H groups in total. The van der Waals surface area contributed by atoms with E-state index in [0.717, 1.165) is 5.56 Å². The molecule has 0 aromatic heterocycles. The van der Waals surface area contributed by atoms with E-state index >= 15 is 0 Å². The molecule has 2 aromatic carbocycles. The van der Waals surface area contributed by atoms with Gasteiger partial charge in [-0.25, -0.2) is 5.43 Å². The fourth-order valence-corrected chi connectivity index (χ4v) is 1.77. The topological polar surface area (TPSA) is 70.9 Å². The molecule has 0 heterocycles. The van der Waals surface area contributed by atoms with E-state index in [1.807, 2.05) is 30.3 Å². The second kappa shape index (κ2) is 7.09. The SMILES string of the molecule is COc1cc(C=NNC(=O)Cc2ccccc2)ccc1O. The summed E-state index contributed by atoms with van der Waals surface area (Å²) >= 11 is 0. The molecule has 2 rings (SSSR count). The Morgan fingerprint density at radius 1 is 1.29 bits per heavy atom. The standard InChI is InChI=1S/C16H16N2O3/c1-21-15-9-13(7-8-14(15)19)11-17-18-16(20)10-12-5-3-2-4-6-12/h2-9,11,19H,10H2,1H3,(H,18,20). The number of nitrogens with one attached hydrogen (secondary N) is 1. The van der Waals surface area contributed by atoms with Gasteiger partial charge in [0.1, 0.15) is 0 Å². The van der Waals surface area contributed by atoms with Crippen molar-refractivity contribution in [1.82, 2.24) is 5.43 Å². The molecule has 0 spiro atoms. The Labute approximate surface area is 122 Å².